The van der Waals surface area contributed by atoms with Crippen LogP contribution in [0.1, 0.15) is 24.2 Å². The van der Waals surface area contributed by atoms with Gasteiger partial charge in [-0.2, -0.15) is 0 Å². The number of hydrogen-bond donors (Lipinski definition) is 2. The van der Waals surface area contributed by atoms with Crippen LogP contribution in [0.25, 0.3) is 10.8 Å². The summed E-state index contributed by atoms with van der Waals surface area (Å²) in [6.45, 7) is 3.30. The first-order chi connectivity index (χ1) is 9.00. The molecule has 0 aliphatic rings. The Kier molecular flexibility index (Phi) is 3.71. The van der Waals surface area contributed by atoms with Crippen molar-refractivity contribution in [3.05, 3.63) is 42.0 Å². The lowest BCUT2D eigenvalue weighted by atomic mass is 10.0. The van der Waals surface area contributed by atoms with Gasteiger partial charge in [0, 0.05) is 0 Å². The van der Waals surface area contributed by atoms with Crippen LogP contribution in [-0.2, 0) is 0 Å². The van der Waals surface area contributed by atoms with E-state index in [1.165, 1.54) is 0 Å². The zero-order valence-electron chi connectivity index (χ0n) is 10.8. The highest BCUT2D eigenvalue weighted by molar-refractivity contribution is 6.06. The van der Waals surface area contributed by atoms with Crippen molar-refractivity contribution in [2.45, 2.75) is 26.1 Å². The average Bonchev–Trinajstić information content (AvgIpc) is 2.37. The van der Waals surface area contributed by atoms with E-state index in [-0.39, 0.29) is 11.3 Å². The molecule has 0 aliphatic carbocycles. The minimum Gasteiger partial charge on any atom is -0.487 e. The lowest BCUT2D eigenvalue weighted by Gasteiger charge is -2.19. The van der Waals surface area contributed by atoms with E-state index in [1.807, 2.05) is 18.2 Å². The van der Waals surface area contributed by atoms with E-state index in [1.54, 1.807) is 32.0 Å². The summed E-state index contributed by atoms with van der Waals surface area (Å²) >= 11 is 0. The fourth-order valence-electron chi connectivity index (χ4n) is 1.87. The van der Waals surface area contributed by atoms with Crippen LogP contribution in [0.2, 0.25) is 0 Å². The van der Waals surface area contributed by atoms with E-state index in [0.29, 0.717) is 5.39 Å². The van der Waals surface area contributed by atoms with Crippen molar-refractivity contribution < 1.29 is 19.7 Å². The summed E-state index contributed by atoms with van der Waals surface area (Å²) in [7, 11) is 0. The number of aromatic carboxylic acids is 1. The molecule has 0 fully saturated rings. The number of benzene rings is 2. The maximum absolute atomic E-state index is 11.4. The summed E-state index contributed by atoms with van der Waals surface area (Å²) in [6, 6.07) is 10.7. The van der Waals surface area contributed by atoms with Gasteiger partial charge in [0.1, 0.15) is 17.4 Å². The Morgan fingerprint density at radius 1 is 1.16 bits per heavy atom. The van der Waals surface area contributed by atoms with Crippen molar-refractivity contribution >= 4 is 16.7 Å². The second kappa shape index (κ2) is 5.28. The summed E-state index contributed by atoms with van der Waals surface area (Å²) in [5, 5.41) is 20.3. The third-order valence-electron chi connectivity index (χ3n) is 3.10. The molecule has 0 saturated carbocycles. The van der Waals surface area contributed by atoms with Crippen LogP contribution in [0.3, 0.4) is 0 Å². The quantitative estimate of drug-likeness (QED) is 0.887. The lowest BCUT2D eigenvalue weighted by molar-refractivity contribution is 0.0562. The third kappa shape index (κ3) is 2.69. The summed E-state index contributed by atoms with van der Waals surface area (Å²) in [6.07, 6.45) is -1.15. The van der Waals surface area contributed by atoms with Crippen LogP contribution in [-0.4, -0.2) is 28.4 Å². The predicted octanol–water partition coefficient (Wildman–Crippen LogP) is 2.69. The van der Waals surface area contributed by atoms with Gasteiger partial charge >= 0.3 is 5.97 Å². The first-order valence-electron chi connectivity index (χ1n) is 6.10. The molecule has 0 bridgehead atoms. The lowest BCUT2D eigenvalue weighted by Crippen LogP contribution is -2.26. The van der Waals surface area contributed by atoms with E-state index in [4.69, 9.17) is 4.74 Å². The summed E-state index contributed by atoms with van der Waals surface area (Å²) < 4.78 is 5.55. The molecule has 2 N–H and O–H groups in total. The topological polar surface area (TPSA) is 66.8 Å². The van der Waals surface area contributed by atoms with Gasteiger partial charge < -0.3 is 14.9 Å². The van der Waals surface area contributed by atoms with Gasteiger partial charge in [-0.3, -0.25) is 0 Å². The van der Waals surface area contributed by atoms with Gasteiger partial charge in [0.15, 0.2) is 0 Å². The summed E-state index contributed by atoms with van der Waals surface area (Å²) in [5.41, 5.74) is 0.130. The Labute approximate surface area is 111 Å². The van der Waals surface area contributed by atoms with E-state index in [2.05, 4.69) is 0 Å². The van der Waals surface area contributed by atoms with Gasteiger partial charge in [-0.05, 0) is 30.7 Å². The molecule has 2 aromatic carbocycles. The highest BCUT2D eigenvalue weighted by Crippen LogP contribution is 2.29. The molecule has 0 heterocycles. The zero-order chi connectivity index (χ0) is 14.0. The Morgan fingerprint density at radius 2 is 1.84 bits per heavy atom. The van der Waals surface area contributed by atoms with Crippen LogP contribution in [0.4, 0.5) is 0 Å². The van der Waals surface area contributed by atoms with Crippen LogP contribution in [0, 0.1) is 0 Å². The molecular weight excluding hydrogens is 244 g/mol. The molecule has 0 amide bonds. The SMILES string of the molecule is CC(O)C(C)Oc1ccc2ccccc2c1C(=O)O. The van der Waals surface area contributed by atoms with Crippen molar-refractivity contribution in [3.63, 3.8) is 0 Å². The number of ether oxygens (including phenoxy) is 1. The third-order valence-corrected chi connectivity index (χ3v) is 3.10. The van der Waals surface area contributed by atoms with Gasteiger partial charge in [0.2, 0.25) is 0 Å². The van der Waals surface area contributed by atoms with Crippen LogP contribution >= 0.6 is 0 Å². The maximum Gasteiger partial charge on any atom is 0.340 e. The van der Waals surface area contributed by atoms with Gasteiger partial charge in [-0.15, -0.1) is 0 Å². The first-order valence-corrected chi connectivity index (χ1v) is 6.10. The molecule has 0 spiro atoms. The first kappa shape index (κ1) is 13.4. The maximum atomic E-state index is 11.4. The Bertz CT molecular complexity index is 604. The molecule has 0 aliphatic heterocycles. The molecule has 4 nitrogen and oxygen atoms in total. The van der Waals surface area contributed by atoms with E-state index >= 15 is 0 Å². The Hall–Kier alpha value is -2.07. The van der Waals surface area contributed by atoms with Crippen molar-refractivity contribution in [3.8, 4) is 5.75 Å². The number of hydrogen-bond acceptors (Lipinski definition) is 3. The normalized spacial score (nSPS) is 14.1. The van der Waals surface area contributed by atoms with E-state index < -0.39 is 18.2 Å². The fourth-order valence-corrected chi connectivity index (χ4v) is 1.87. The highest BCUT2D eigenvalue weighted by Gasteiger charge is 2.19. The van der Waals surface area contributed by atoms with Crippen LogP contribution < -0.4 is 4.74 Å². The Morgan fingerprint density at radius 3 is 2.47 bits per heavy atom. The second-order valence-electron chi connectivity index (χ2n) is 4.53. The molecule has 100 valence electrons. The number of carboxylic acids is 1. The van der Waals surface area contributed by atoms with Gasteiger partial charge in [-0.25, -0.2) is 4.79 Å². The van der Waals surface area contributed by atoms with Crippen LogP contribution in [0.15, 0.2) is 36.4 Å². The Balaban J connectivity index is 2.55. The van der Waals surface area contributed by atoms with Gasteiger partial charge in [0.25, 0.3) is 0 Å². The number of carboxylic acid groups (broad SMARTS) is 1. The smallest absolute Gasteiger partial charge is 0.340 e. The van der Waals surface area contributed by atoms with Crippen molar-refractivity contribution in [2.75, 3.05) is 0 Å². The standard InChI is InChI=1S/C15H16O4/c1-9(16)10(2)19-13-8-7-11-5-3-4-6-12(11)14(13)15(17)18/h3-10,16H,1-2H3,(H,17,18). The molecule has 4 heteroatoms. The van der Waals surface area contributed by atoms with Crippen molar-refractivity contribution in [1.82, 2.24) is 0 Å². The monoisotopic (exact) mass is 260 g/mol. The van der Waals surface area contributed by atoms with Crippen LogP contribution in [0.5, 0.6) is 5.75 Å². The molecule has 2 aromatic rings. The fraction of sp³-hybridized carbons (Fsp3) is 0.267. The largest absolute Gasteiger partial charge is 0.487 e. The van der Waals surface area contributed by atoms with E-state index in [0.717, 1.165) is 5.39 Å². The van der Waals surface area contributed by atoms with Crippen molar-refractivity contribution in [1.29, 1.82) is 0 Å². The molecule has 0 saturated heterocycles. The molecule has 0 aromatic heterocycles. The molecule has 0 radical (unpaired) electrons. The summed E-state index contributed by atoms with van der Waals surface area (Å²) in [4.78, 5) is 11.4. The molecular formula is C15H16O4. The highest BCUT2D eigenvalue weighted by atomic mass is 16.5. The number of carbonyl (C=O) groups is 1. The second-order valence-corrected chi connectivity index (χ2v) is 4.53. The number of aliphatic hydroxyl groups is 1. The molecule has 19 heavy (non-hydrogen) atoms. The number of fused-ring (bicyclic) bond motifs is 1. The summed E-state index contributed by atoms with van der Waals surface area (Å²) in [5.74, 6) is -0.760. The van der Waals surface area contributed by atoms with Crippen molar-refractivity contribution in [2.24, 2.45) is 0 Å². The molecule has 2 unspecified atom stereocenters. The zero-order valence-corrected chi connectivity index (χ0v) is 10.8. The van der Waals surface area contributed by atoms with E-state index in [9.17, 15) is 15.0 Å². The average molecular weight is 260 g/mol. The van der Waals surface area contributed by atoms with Gasteiger partial charge in [-0.1, -0.05) is 30.3 Å². The molecule has 2 atom stereocenters. The number of aliphatic hydroxyl groups excluding tert-OH is 1. The minimum absolute atomic E-state index is 0.130. The van der Waals surface area contributed by atoms with Gasteiger partial charge in [0.05, 0.1) is 6.10 Å². The predicted molar refractivity (Wildman–Crippen MR) is 72.7 cm³/mol. The molecule has 2 rings (SSSR count). The minimum atomic E-state index is -1.04. The number of rotatable bonds is 4.